The van der Waals surface area contributed by atoms with Crippen molar-refractivity contribution in [1.82, 2.24) is 15.5 Å². The molecule has 1 aliphatic rings. The Hall–Kier alpha value is -2.61. The first kappa shape index (κ1) is 17.2. The van der Waals surface area contributed by atoms with Crippen molar-refractivity contribution < 1.29 is 18.7 Å². The fourth-order valence-corrected chi connectivity index (χ4v) is 2.63. The van der Waals surface area contributed by atoms with Gasteiger partial charge in [-0.05, 0) is 31.0 Å². The molecular formula is C17H22N4O4. The summed E-state index contributed by atoms with van der Waals surface area (Å²) in [7, 11) is 1.55. The van der Waals surface area contributed by atoms with Crippen LogP contribution in [0.15, 0.2) is 22.6 Å². The first-order valence-corrected chi connectivity index (χ1v) is 8.37. The number of hydrogen-bond donors (Lipinski definition) is 2. The predicted octanol–water partition coefficient (Wildman–Crippen LogP) is 2.61. The van der Waals surface area contributed by atoms with Crippen LogP contribution in [0.1, 0.15) is 25.7 Å². The van der Waals surface area contributed by atoms with Gasteiger partial charge in [0.15, 0.2) is 0 Å². The van der Waals surface area contributed by atoms with E-state index in [0.29, 0.717) is 41.7 Å². The van der Waals surface area contributed by atoms with Gasteiger partial charge in [-0.1, -0.05) is 6.92 Å². The third kappa shape index (κ3) is 4.27. The summed E-state index contributed by atoms with van der Waals surface area (Å²) in [5.41, 5.74) is 1.24. The molecule has 2 aromatic rings. The average Bonchev–Trinajstić information content (AvgIpc) is 3.31. The lowest BCUT2D eigenvalue weighted by atomic mass is 10.2. The Bertz CT molecular complexity index is 725. The summed E-state index contributed by atoms with van der Waals surface area (Å²) in [5, 5.41) is 13.6. The van der Waals surface area contributed by atoms with Crippen molar-refractivity contribution in [2.24, 2.45) is 0 Å². The van der Waals surface area contributed by atoms with E-state index in [0.717, 1.165) is 19.4 Å². The average molecular weight is 346 g/mol. The molecule has 1 aromatic carbocycles. The third-order valence-corrected chi connectivity index (χ3v) is 3.98. The fourth-order valence-electron chi connectivity index (χ4n) is 2.63. The van der Waals surface area contributed by atoms with Crippen LogP contribution in [0.2, 0.25) is 0 Å². The smallest absolute Gasteiger partial charge is 0.319 e. The van der Waals surface area contributed by atoms with Gasteiger partial charge in [-0.3, -0.25) is 0 Å². The number of amides is 2. The Balaban J connectivity index is 1.69. The number of anilines is 1. The number of methoxy groups -OCH3 is 1. The molecule has 8 nitrogen and oxygen atoms in total. The zero-order valence-electron chi connectivity index (χ0n) is 14.4. The maximum Gasteiger partial charge on any atom is 0.319 e. The number of aromatic nitrogens is 2. The standard InChI is InChI=1S/C17H22N4O4/c1-3-15-20-21-16(25-15)11-6-7-14(23-2)13(9-11)19-17(22)18-10-12-5-4-8-24-12/h6-7,9,12H,3-5,8,10H2,1-2H3,(H2,18,19,22)/t12-/m0/s1. The van der Waals surface area contributed by atoms with Crippen molar-refractivity contribution in [2.45, 2.75) is 32.3 Å². The minimum absolute atomic E-state index is 0.0878. The first-order valence-electron chi connectivity index (χ1n) is 8.37. The lowest BCUT2D eigenvalue weighted by molar-refractivity contribution is 0.112. The quantitative estimate of drug-likeness (QED) is 0.834. The molecule has 0 saturated carbocycles. The highest BCUT2D eigenvalue weighted by Gasteiger charge is 2.17. The first-order chi connectivity index (χ1) is 12.2. The minimum atomic E-state index is -0.314. The van der Waals surface area contributed by atoms with E-state index in [2.05, 4.69) is 20.8 Å². The number of hydrogen-bond acceptors (Lipinski definition) is 6. The number of carbonyl (C=O) groups is 1. The van der Waals surface area contributed by atoms with E-state index >= 15 is 0 Å². The van der Waals surface area contributed by atoms with Crippen LogP contribution < -0.4 is 15.4 Å². The molecule has 134 valence electrons. The van der Waals surface area contributed by atoms with Gasteiger partial charge < -0.3 is 24.5 Å². The molecule has 0 unspecified atom stereocenters. The van der Waals surface area contributed by atoms with Gasteiger partial charge in [-0.15, -0.1) is 10.2 Å². The van der Waals surface area contributed by atoms with E-state index in [1.165, 1.54) is 0 Å². The summed E-state index contributed by atoms with van der Waals surface area (Å²) in [5.74, 6) is 1.52. The molecule has 1 saturated heterocycles. The van der Waals surface area contributed by atoms with Gasteiger partial charge in [0.2, 0.25) is 11.8 Å². The molecule has 1 aromatic heterocycles. The Morgan fingerprint density at radius 2 is 2.28 bits per heavy atom. The maximum atomic E-state index is 12.2. The second-order valence-electron chi connectivity index (χ2n) is 5.74. The molecule has 1 fully saturated rings. The van der Waals surface area contributed by atoms with E-state index in [-0.39, 0.29) is 12.1 Å². The molecule has 2 amide bonds. The molecule has 8 heteroatoms. The van der Waals surface area contributed by atoms with Gasteiger partial charge in [-0.2, -0.15) is 0 Å². The van der Waals surface area contributed by atoms with E-state index in [4.69, 9.17) is 13.9 Å². The number of carbonyl (C=O) groups excluding carboxylic acids is 1. The van der Waals surface area contributed by atoms with Crippen LogP contribution in [0.25, 0.3) is 11.5 Å². The minimum Gasteiger partial charge on any atom is -0.495 e. The van der Waals surface area contributed by atoms with Crippen LogP contribution in [0.5, 0.6) is 5.75 Å². The number of nitrogens with zero attached hydrogens (tertiary/aromatic N) is 2. The van der Waals surface area contributed by atoms with E-state index in [1.54, 1.807) is 25.3 Å². The Labute approximate surface area is 145 Å². The number of rotatable bonds is 6. The van der Waals surface area contributed by atoms with Crippen LogP contribution >= 0.6 is 0 Å². The van der Waals surface area contributed by atoms with Gasteiger partial charge >= 0.3 is 6.03 Å². The summed E-state index contributed by atoms with van der Waals surface area (Å²) in [6.45, 7) is 3.18. The third-order valence-electron chi connectivity index (χ3n) is 3.98. The topological polar surface area (TPSA) is 98.5 Å². The van der Waals surface area contributed by atoms with Crippen molar-refractivity contribution >= 4 is 11.7 Å². The Morgan fingerprint density at radius 3 is 2.96 bits per heavy atom. The number of urea groups is 1. The molecule has 0 spiro atoms. The van der Waals surface area contributed by atoms with E-state index in [1.807, 2.05) is 6.92 Å². The highest BCUT2D eigenvalue weighted by molar-refractivity contribution is 5.91. The SMILES string of the molecule is CCc1nnc(-c2ccc(OC)c(NC(=O)NC[C@@H]3CCCO3)c2)o1. The van der Waals surface area contributed by atoms with Gasteiger partial charge in [-0.25, -0.2) is 4.79 Å². The second kappa shape index (κ2) is 7.98. The molecule has 1 aliphatic heterocycles. The highest BCUT2D eigenvalue weighted by atomic mass is 16.5. The summed E-state index contributed by atoms with van der Waals surface area (Å²) in [4.78, 5) is 12.2. The van der Waals surface area contributed by atoms with Gasteiger partial charge in [0, 0.05) is 25.1 Å². The number of benzene rings is 1. The lowest BCUT2D eigenvalue weighted by Gasteiger charge is -2.14. The summed E-state index contributed by atoms with van der Waals surface area (Å²) < 4.78 is 16.4. The molecule has 2 N–H and O–H groups in total. The van der Waals surface area contributed by atoms with Crippen LogP contribution in [-0.2, 0) is 11.2 Å². The molecule has 0 radical (unpaired) electrons. The number of aryl methyl sites for hydroxylation is 1. The van der Waals surface area contributed by atoms with Crippen molar-refractivity contribution in [3.8, 4) is 17.2 Å². The number of ether oxygens (including phenoxy) is 2. The van der Waals surface area contributed by atoms with Crippen LogP contribution in [0.4, 0.5) is 10.5 Å². The molecular weight excluding hydrogens is 324 g/mol. The summed E-state index contributed by atoms with van der Waals surface area (Å²) >= 11 is 0. The molecule has 3 rings (SSSR count). The van der Waals surface area contributed by atoms with Crippen molar-refractivity contribution in [3.05, 3.63) is 24.1 Å². The van der Waals surface area contributed by atoms with Gasteiger partial charge in [0.05, 0.1) is 18.9 Å². The zero-order valence-corrected chi connectivity index (χ0v) is 14.4. The van der Waals surface area contributed by atoms with Gasteiger partial charge in [0.25, 0.3) is 0 Å². The Morgan fingerprint density at radius 1 is 1.40 bits per heavy atom. The predicted molar refractivity (Wildman–Crippen MR) is 91.7 cm³/mol. The summed E-state index contributed by atoms with van der Waals surface area (Å²) in [6, 6.07) is 4.99. The van der Waals surface area contributed by atoms with Gasteiger partial charge in [0.1, 0.15) is 5.75 Å². The Kier molecular flexibility index (Phi) is 5.49. The normalized spacial score (nSPS) is 16.6. The highest BCUT2D eigenvalue weighted by Crippen LogP contribution is 2.30. The molecule has 2 heterocycles. The van der Waals surface area contributed by atoms with Crippen LogP contribution in [0.3, 0.4) is 0 Å². The zero-order chi connectivity index (χ0) is 17.6. The van der Waals surface area contributed by atoms with E-state index < -0.39 is 0 Å². The molecule has 25 heavy (non-hydrogen) atoms. The molecule has 0 aliphatic carbocycles. The maximum absolute atomic E-state index is 12.2. The van der Waals surface area contributed by atoms with Crippen molar-refractivity contribution in [2.75, 3.05) is 25.6 Å². The lowest BCUT2D eigenvalue weighted by Crippen LogP contribution is -2.35. The summed E-state index contributed by atoms with van der Waals surface area (Å²) in [6.07, 6.45) is 2.76. The monoisotopic (exact) mass is 346 g/mol. The van der Waals surface area contributed by atoms with E-state index in [9.17, 15) is 4.79 Å². The van der Waals surface area contributed by atoms with Crippen molar-refractivity contribution in [1.29, 1.82) is 0 Å². The second-order valence-corrected chi connectivity index (χ2v) is 5.74. The van der Waals surface area contributed by atoms with Crippen LogP contribution in [-0.4, -0.2) is 42.6 Å². The largest absolute Gasteiger partial charge is 0.495 e. The fraction of sp³-hybridized carbons (Fsp3) is 0.471. The van der Waals surface area contributed by atoms with Crippen molar-refractivity contribution in [3.63, 3.8) is 0 Å². The molecule has 0 bridgehead atoms. The van der Waals surface area contributed by atoms with Crippen LogP contribution in [0, 0.1) is 0 Å². The number of nitrogens with one attached hydrogen (secondary N) is 2. The molecule has 1 atom stereocenters.